The number of unbranched alkanes of at least 4 members (excludes halogenated alkanes) is 4. The zero-order chi connectivity index (χ0) is 35.4. The van der Waals surface area contributed by atoms with Gasteiger partial charge in [0.2, 0.25) is 11.8 Å². The van der Waals surface area contributed by atoms with Crippen molar-refractivity contribution < 1.29 is 68.4 Å². The Labute approximate surface area is 306 Å². The van der Waals surface area contributed by atoms with E-state index in [1.165, 1.54) is 12.2 Å². The average Bonchev–Trinajstić information content (AvgIpc) is 2.92. The smallest absolute Gasteiger partial charge is 0.544 e. The molecule has 2 unspecified atom stereocenters. The molecule has 0 saturated heterocycles. The maximum Gasteiger partial charge on any atom is 2.00 e. The van der Waals surface area contributed by atoms with Crippen molar-refractivity contribution in [3.63, 3.8) is 0 Å². The third-order valence-electron chi connectivity index (χ3n) is 6.78. The molecule has 2 amide bonds. The molecular weight excluding hydrogens is 648 g/mol. The fourth-order valence-electron chi connectivity index (χ4n) is 4.49. The number of carboxylic acid groups (broad SMARTS) is 4. The number of rotatable bonds is 26. The molecule has 0 aromatic carbocycles. The van der Waals surface area contributed by atoms with E-state index in [0.717, 1.165) is 38.5 Å². The molecule has 0 aliphatic carbocycles. The molecule has 0 rings (SSSR count). The minimum Gasteiger partial charge on any atom is -0.544 e. The van der Waals surface area contributed by atoms with E-state index in [1.54, 1.807) is 12.2 Å². The Hall–Kier alpha value is -2.60. The summed E-state index contributed by atoms with van der Waals surface area (Å²) >= 11 is 0. The van der Waals surface area contributed by atoms with Crippen LogP contribution in [0.25, 0.3) is 0 Å². The number of quaternary nitrogens is 2. The number of allylic oxidation sites excluding steroid dienone is 2. The molecule has 6 N–H and O–H groups in total. The Kier molecular flexibility index (Phi) is 30.7. The fraction of sp³-hybridized carbons (Fsp3) is 0.667. The van der Waals surface area contributed by atoms with Crippen LogP contribution in [0.3, 0.4) is 0 Å². The van der Waals surface area contributed by atoms with Crippen LogP contribution in [0.15, 0.2) is 24.3 Å². The monoisotopic (exact) mass is 700 g/mol. The second-order valence-electron chi connectivity index (χ2n) is 10.9. The number of hydrogen-bond acceptors (Lipinski definition) is 10. The van der Waals surface area contributed by atoms with Crippen LogP contribution < -0.4 is 20.8 Å². The first-order chi connectivity index (χ1) is 21.7. The van der Waals surface area contributed by atoms with Crippen molar-refractivity contribution in [2.75, 3.05) is 78.7 Å². The summed E-state index contributed by atoms with van der Waals surface area (Å²) in [5.41, 5.74) is 0. The van der Waals surface area contributed by atoms with Crippen LogP contribution in [0.5, 0.6) is 0 Å². The zero-order valence-corrected chi connectivity index (χ0v) is 29.9. The first kappa shape index (κ1) is 48.8. The number of carbonyl (C=O) groups excluding carboxylic acids is 4. The number of hydrogen-bond donors (Lipinski definition) is 6. The van der Waals surface area contributed by atoms with Gasteiger partial charge < -0.3 is 59.8 Å². The van der Waals surface area contributed by atoms with Gasteiger partial charge in [0, 0.05) is 0 Å². The van der Waals surface area contributed by atoms with Crippen LogP contribution in [0, 0.1) is 0 Å². The summed E-state index contributed by atoms with van der Waals surface area (Å²) in [5, 5.41) is 63.0. The molecule has 0 saturated carbocycles. The van der Waals surface area contributed by atoms with Crippen molar-refractivity contribution in [2.24, 2.45) is 0 Å². The van der Waals surface area contributed by atoms with Gasteiger partial charge in [-0.25, -0.2) is 9.59 Å². The number of aliphatic hydroxyl groups excluding tert-OH is 2. The first-order valence-electron chi connectivity index (χ1n) is 15.3. The van der Waals surface area contributed by atoms with Gasteiger partial charge in [-0.1, -0.05) is 51.7 Å². The van der Waals surface area contributed by atoms with Gasteiger partial charge in [0.15, 0.2) is 13.1 Å². The van der Waals surface area contributed by atoms with E-state index >= 15 is 0 Å². The number of aliphatic hydroxyl groups is 2. The number of amides is 2. The molecule has 0 aromatic rings. The van der Waals surface area contributed by atoms with E-state index in [-0.39, 0.29) is 111 Å². The maximum absolute atomic E-state index is 11.6. The van der Waals surface area contributed by atoms with E-state index < -0.39 is 50.1 Å². The van der Waals surface area contributed by atoms with Crippen molar-refractivity contribution in [1.82, 2.24) is 10.6 Å². The van der Waals surface area contributed by atoms with Crippen LogP contribution >= 0.6 is 0 Å². The predicted molar refractivity (Wildman–Crippen MR) is 168 cm³/mol. The molecule has 0 aliphatic rings. The van der Waals surface area contributed by atoms with Crippen molar-refractivity contribution in [2.45, 2.75) is 52.4 Å². The van der Waals surface area contributed by atoms with Gasteiger partial charge in [0.25, 0.3) is 0 Å². The van der Waals surface area contributed by atoms with Crippen molar-refractivity contribution in [1.29, 1.82) is 0 Å². The van der Waals surface area contributed by atoms with Gasteiger partial charge in [-0.15, -0.1) is 0 Å². The molecule has 0 aliphatic heterocycles. The number of nitrogens with one attached hydrogen (secondary N) is 2. The minimum absolute atomic E-state index is 0. The summed E-state index contributed by atoms with van der Waals surface area (Å²) in [6.07, 6.45) is 12.0. The summed E-state index contributed by atoms with van der Waals surface area (Å²) in [7, 11) is 0. The third-order valence-corrected chi connectivity index (χ3v) is 6.78. The topological polar surface area (TPSA) is 254 Å². The first-order valence-corrected chi connectivity index (χ1v) is 15.3. The van der Waals surface area contributed by atoms with E-state index in [9.17, 15) is 39.0 Å². The van der Waals surface area contributed by atoms with Gasteiger partial charge >= 0.3 is 49.7 Å². The van der Waals surface area contributed by atoms with E-state index in [0.29, 0.717) is 0 Å². The Morgan fingerprint density at radius 1 is 0.617 bits per heavy atom. The standard InChI is InChI=1S/2C15H26N2O6.Ca/c2*1-2-3-4-5-6-13(19)16-7-8-17(9-10-18,11-14(20)21)12-15(22)23;/h2*5-6,18H,2-4,7-12H2,1H3,(H2-,16,19,20,21,22,23);/q;;+2/b2*6-5+;. The molecule has 16 nitrogen and oxygen atoms in total. The third kappa shape index (κ3) is 28.2. The van der Waals surface area contributed by atoms with Crippen LogP contribution in [-0.2, 0) is 28.8 Å². The van der Waals surface area contributed by atoms with E-state index in [1.807, 2.05) is 13.8 Å². The summed E-state index contributed by atoms with van der Waals surface area (Å²) in [4.78, 5) is 66.9. The van der Waals surface area contributed by atoms with Gasteiger partial charge in [0.1, 0.15) is 26.2 Å². The molecule has 0 aromatic heterocycles. The molecule has 0 fully saturated rings. The molecule has 47 heavy (non-hydrogen) atoms. The van der Waals surface area contributed by atoms with Crippen LogP contribution in [0.2, 0.25) is 0 Å². The fourth-order valence-corrected chi connectivity index (χ4v) is 4.49. The summed E-state index contributed by atoms with van der Waals surface area (Å²) in [6, 6.07) is 0. The normalized spacial score (nSPS) is 13.4. The molecular formula is C30H52CaN4O12+2. The van der Waals surface area contributed by atoms with Crippen LogP contribution in [-0.4, -0.2) is 181 Å². The predicted octanol–water partition coefficient (Wildman–Crippen LogP) is -3.40. The minimum atomic E-state index is -1.40. The van der Waals surface area contributed by atoms with Crippen LogP contribution in [0.1, 0.15) is 52.4 Å². The van der Waals surface area contributed by atoms with Gasteiger partial charge in [-0.05, 0) is 25.0 Å². The summed E-state index contributed by atoms with van der Waals surface area (Å²) < 4.78 is -0.762. The second kappa shape index (κ2) is 29.5. The molecule has 264 valence electrons. The largest absolute Gasteiger partial charge is 2.00 e. The number of aliphatic carboxylic acids is 4. The molecule has 0 heterocycles. The zero-order valence-electron chi connectivity index (χ0n) is 27.7. The average molecular weight is 701 g/mol. The van der Waals surface area contributed by atoms with E-state index in [2.05, 4.69) is 10.6 Å². The Morgan fingerprint density at radius 2 is 0.957 bits per heavy atom. The Morgan fingerprint density at radius 3 is 1.21 bits per heavy atom. The number of carbonyl (C=O) groups is 6. The van der Waals surface area contributed by atoms with Gasteiger partial charge in [-0.3, -0.25) is 9.59 Å². The number of carboxylic acids is 4. The number of nitrogens with zero attached hydrogens (tertiary/aromatic N) is 2. The summed E-state index contributed by atoms with van der Waals surface area (Å²) in [5.74, 6) is -5.77. The molecule has 2 atom stereocenters. The molecule has 0 spiro atoms. The molecule has 0 bridgehead atoms. The molecule has 17 heteroatoms. The van der Waals surface area contributed by atoms with Crippen LogP contribution in [0.4, 0.5) is 0 Å². The Bertz CT molecular complexity index is 897. The Balaban J connectivity index is -0.000000807. The van der Waals surface area contributed by atoms with Crippen molar-refractivity contribution in [3.8, 4) is 0 Å². The van der Waals surface area contributed by atoms with Gasteiger partial charge in [-0.2, -0.15) is 0 Å². The second-order valence-corrected chi connectivity index (χ2v) is 10.9. The molecule has 0 radical (unpaired) electrons. The maximum atomic E-state index is 11.6. The van der Waals surface area contributed by atoms with E-state index in [4.69, 9.17) is 20.4 Å². The van der Waals surface area contributed by atoms with Gasteiger partial charge in [0.05, 0.1) is 51.3 Å². The SMILES string of the molecule is CCCC/C=C/C(=O)NCC[N+](CCO)(CC(=O)[O-])CC(=O)O.CCCC/C=C/C(=O)NCC[N+](CCO)(CC(=O)[O-])CC(=O)O.[Ca+2]. The quantitative estimate of drug-likeness (QED) is 0.0224. The van der Waals surface area contributed by atoms with Crippen molar-refractivity contribution >= 4 is 73.4 Å². The summed E-state index contributed by atoms with van der Waals surface area (Å²) in [6.45, 7) is 1.69. The van der Waals surface area contributed by atoms with Crippen molar-refractivity contribution in [3.05, 3.63) is 24.3 Å².